The fourth-order valence-corrected chi connectivity index (χ4v) is 11.1. The maximum absolute atomic E-state index is 14.7. The van der Waals surface area contributed by atoms with Gasteiger partial charge in [0.15, 0.2) is 5.78 Å². The van der Waals surface area contributed by atoms with E-state index in [0.717, 1.165) is 66.0 Å². The van der Waals surface area contributed by atoms with E-state index < -0.39 is 157 Å². The summed E-state index contributed by atoms with van der Waals surface area (Å²) in [5.41, 5.74) is 9.34. The van der Waals surface area contributed by atoms with Gasteiger partial charge in [-0.05, 0) is 97.3 Å². The lowest BCUT2D eigenvalue weighted by Crippen LogP contribution is -2.64. The summed E-state index contributed by atoms with van der Waals surface area (Å²) < 4.78 is 5.86. The molecule has 16 atom stereocenters. The lowest BCUT2D eigenvalue weighted by Gasteiger charge is -2.34. The number of Topliss-reactive ketones (excluding diaryl/α,β-unsaturated/α-hetero) is 1. The highest BCUT2D eigenvalue weighted by atomic mass is 16.5. The van der Waals surface area contributed by atoms with Crippen LogP contribution in [0.3, 0.4) is 0 Å². The zero-order valence-electron chi connectivity index (χ0n) is 47.9. The average Bonchev–Trinajstić information content (AvgIpc) is 3.51. The third kappa shape index (κ3) is 16.1. The van der Waals surface area contributed by atoms with Crippen LogP contribution in [0.15, 0.2) is 97.1 Å². The number of nitrogens with one attached hydrogen (secondary N) is 6. The summed E-state index contributed by atoms with van der Waals surface area (Å²) in [7, 11) is 0. The average molecular weight is 1180 g/mol. The summed E-state index contributed by atoms with van der Waals surface area (Å²) >= 11 is 0. The first-order chi connectivity index (χ1) is 40.5. The second-order valence-corrected chi connectivity index (χ2v) is 22.4. The molecule has 2 heterocycles. The van der Waals surface area contributed by atoms with Gasteiger partial charge in [-0.15, -0.1) is 0 Å². The predicted octanol–water partition coefficient (Wildman–Crippen LogP) is -0.377. The number of aromatic hydroxyl groups is 1. The van der Waals surface area contributed by atoms with Crippen molar-refractivity contribution in [1.82, 2.24) is 36.8 Å². The Hall–Kier alpha value is -7.39. The number of hydrogen-bond acceptors (Lipinski definition) is 18. The Kier molecular flexibility index (Phi) is 22.7. The second kappa shape index (κ2) is 29.6. The minimum atomic E-state index is -2.26. The number of rotatable bonds is 17. The molecule has 3 fully saturated rings. The first-order valence-electron chi connectivity index (χ1n) is 28.8. The van der Waals surface area contributed by atoms with Crippen LogP contribution in [0.1, 0.15) is 88.2 Å². The number of fused-ring (bicyclic) bond motifs is 2. The number of phenolic OH excluding ortho intramolecular Hbond substituents is 1. The van der Waals surface area contributed by atoms with Gasteiger partial charge in [-0.25, -0.2) is 0 Å². The van der Waals surface area contributed by atoms with Crippen LogP contribution in [0, 0.1) is 17.8 Å². The molecule has 4 aromatic rings. The zero-order valence-corrected chi connectivity index (χ0v) is 47.9. The number of ether oxygens (including phenoxy) is 1. The number of amides is 6. The molecule has 4 aromatic carbocycles. The Labute approximate surface area is 492 Å². The van der Waals surface area contributed by atoms with E-state index in [-0.39, 0.29) is 36.5 Å². The van der Waals surface area contributed by atoms with E-state index in [4.69, 9.17) is 10.5 Å². The summed E-state index contributed by atoms with van der Waals surface area (Å²) in [6.07, 6.45) is -12.4. The maximum Gasteiger partial charge on any atom is 0.251 e. The quantitative estimate of drug-likeness (QED) is 0.0599. The molecule has 460 valence electrons. The number of ketones is 1. The largest absolute Gasteiger partial charge is 0.508 e. The molecule has 0 spiro atoms. The van der Waals surface area contributed by atoms with Crippen molar-refractivity contribution in [2.45, 2.75) is 145 Å². The Morgan fingerprint density at radius 1 is 0.682 bits per heavy atom. The molecule has 1 saturated carbocycles. The highest BCUT2D eigenvalue weighted by molar-refractivity contribution is 6.01. The van der Waals surface area contributed by atoms with Crippen molar-refractivity contribution in [1.29, 1.82) is 0 Å². The van der Waals surface area contributed by atoms with Crippen molar-refractivity contribution < 1.29 is 79.2 Å². The Morgan fingerprint density at radius 2 is 1.24 bits per heavy atom. The van der Waals surface area contributed by atoms with E-state index in [1.807, 2.05) is 48.5 Å². The first-order valence-corrected chi connectivity index (χ1v) is 28.8. The van der Waals surface area contributed by atoms with E-state index in [9.17, 15) is 74.4 Å². The highest BCUT2D eigenvalue weighted by Crippen LogP contribution is 2.36. The van der Waals surface area contributed by atoms with Gasteiger partial charge in [0.1, 0.15) is 60.1 Å². The minimum Gasteiger partial charge on any atom is -0.508 e. The fraction of sp³-hybridized carbons (Fsp3) is 0.492. The van der Waals surface area contributed by atoms with E-state index in [2.05, 4.69) is 38.8 Å². The third-order valence-corrected chi connectivity index (χ3v) is 16.0. The maximum atomic E-state index is 14.7. The molecule has 0 aromatic heterocycles. The molecule has 16 N–H and O–H groups in total. The van der Waals surface area contributed by atoms with Crippen LogP contribution in [-0.4, -0.2) is 186 Å². The number of hydrogen-bond donors (Lipinski definition) is 15. The van der Waals surface area contributed by atoms with Crippen LogP contribution in [-0.2, 0) is 28.8 Å². The van der Waals surface area contributed by atoms with Gasteiger partial charge >= 0.3 is 0 Å². The number of nitrogens with two attached hydrogens (primary N) is 1. The third-order valence-electron chi connectivity index (χ3n) is 16.0. The van der Waals surface area contributed by atoms with E-state index in [1.54, 1.807) is 12.1 Å². The van der Waals surface area contributed by atoms with E-state index in [1.165, 1.54) is 43.3 Å². The molecule has 2 aliphatic heterocycles. The normalized spacial score (nSPS) is 27.8. The molecule has 85 heavy (non-hydrogen) atoms. The van der Waals surface area contributed by atoms with Crippen LogP contribution in [0.5, 0.6) is 11.5 Å². The number of unbranched alkanes of at least 4 members (excludes halogenated alkanes) is 2. The lowest BCUT2D eigenvalue weighted by molar-refractivity contribution is -0.147. The lowest BCUT2D eigenvalue weighted by atomic mass is 9.85. The molecule has 3 aliphatic rings. The molecule has 0 bridgehead atoms. The van der Waals surface area contributed by atoms with Crippen molar-refractivity contribution >= 4 is 41.2 Å². The Bertz CT molecular complexity index is 2930. The molecular formula is C61H80N8O16. The molecule has 24 heteroatoms. The molecule has 1 aliphatic carbocycles. The molecule has 6 amide bonds. The SMILES string of the molecule is CCCCCOc1ccc(-c2ccc(-c3ccc(C(=O)NC4C[C@@H](O)C(NCCN)NC(=O)C5[C@@H](O)[C@@H](C)CN5C(=O)C([C@@H](C)O)NC(=O)C([C@H](O)[C@@H](O)c5ccc(O)cc5)NC(=O)C5C[C@@H](O)CC5C(=O)C([C@@H](C)O)NC4=O)cc3)cc2)cc1. The van der Waals surface area contributed by atoms with E-state index >= 15 is 0 Å². The van der Waals surface area contributed by atoms with Crippen molar-refractivity contribution in [3.63, 3.8) is 0 Å². The monoisotopic (exact) mass is 1180 g/mol. The number of carbonyl (C=O) groups excluding carboxylic acids is 7. The van der Waals surface area contributed by atoms with E-state index in [0.29, 0.717) is 6.61 Å². The molecule has 2 saturated heterocycles. The van der Waals surface area contributed by atoms with Gasteiger partial charge < -0.3 is 82.8 Å². The number of benzene rings is 4. The summed E-state index contributed by atoms with van der Waals surface area (Å²) in [5.74, 6) is -10.9. The van der Waals surface area contributed by atoms with Crippen molar-refractivity contribution in [2.24, 2.45) is 23.5 Å². The summed E-state index contributed by atoms with van der Waals surface area (Å²) in [4.78, 5) is 103. The van der Waals surface area contributed by atoms with Crippen molar-refractivity contribution in [3.8, 4) is 33.8 Å². The molecular weight excluding hydrogens is 1100 g/mol. The predicted molar refractivity (Wildman–Crippen MR) is 309 cm³/mol. The van der Waals surface area contributed by atoms with Gasteiger partial charge in [0.05, 0.1) is 43.0 Å². The number of carbonyl (C=O) groups is 7. The standard InChI is InChI=1S/C61H80N8O16/c1-5-6-7-26-85-42-22-18-37(19-23-42)35-10-8-34(9-11-35)36-12-14-39(15-13-36)56(79)64-45-29-46(74)55(63-25-24-62)68-60(83)50-51(75)31(2)30-69(50)61(84)48(33(4)71)66-59(82)49(54(78)52(76)38-16-20-40(72)21-17-38)67-57(80)44-28-41(73)27-43(44)53(77)47(32(3)70)65-58(45)81/h8-23,31-33,41,43-52,54-55,63,70-76,78H,5-7,24-30,62H2,1-4H3,(H,64,79)(H,65,81)(H,66,82)(H,67,80)(H,68,83)/t31-,32+,33+,41-,43?,44?,45?,46+,47?,48?,49?,50?,51-,52-,54-,55?/m0/s1. The van der Waals surface area contributed by atoms with Crippen LogP contribution in [0.25, 0.3) is 22.3 Å². The molecule has 7 rings (SSSR count). The Balaban J connectivity index is 1.21. The molecule has 0 radical (unpaired) electrons. The number of aliphatic hydroxyl groups is 7. The van der Waals surface area contributed by atoms with Gasteiger partial charge in [0.2, 0.25) is 29.5 Å². The second-order valence-electron chi connectivity index (χ2n) is 22.4. The summed E-state index contributed by atoms with van der Waals surface area (Å²) in [6, 6.07) is 17.2. The summed E-state index contributed by atoms with van der Waals surface area (Å²) in [6.45, 7) is 6.14. The van der Waals surface area contributed by atoms with Gasteiger partial charge in [-0.1, -0.05) is 87.4 Å². The number of aliphatic hydroxyl groups excluding tert-OH is 7. The van der Waals surface area contributed by atoms with Crippen LogP contribution in [0.4, 0.5) is 0 Å². The van der Waals surface area contributed by atoms with Gasteiger partial charge in [0, 0.05) is 43.5 Å². The number of nitrogens with zero attached hydrogens (tertiary/aromatic N) is 1. The van der Waals surface area contributed by atoms with Crippen LogP contribution >= 0.6 is 0 Å². The minimum absolute atomic E-state index is 0.0529. The first kappa shape index (κ1) is 65.2. The molecule has 8 unspecified atom stereocenters. The fourth-order valence-electron chi connectivity index (χ4n) is 11.1. The zero-order chi connectivity index (χ0) is 61.8. The van der Waals surface area contributed by atoms with Gasteiger partial charge in [-0.2, -0.15) is 0 Å². The smallest absolute Gasteiger partial charge is 0.251 e. The summed E-state index contributed by atoms with van der Waals surface area (Å²) in [5, 5.41) is 105. The highest BCUT2D eigenvalue weighted by Gasteiger charge is 2.51. The molecule has 24 nitrogen and oxygen atoms in total. The van der Waals surface area contributed by atoms with Crippen LogP contribution in [0.2, 0.25) is 0 Å². The van der Waals surface area contributed by atoms with Crippen LogP contribution < -0.4 is 42.4 Å². The van der Waals surface area contributed by atoms with Gasteiger partial charge in [-0.3, -0.25) is 38.9 Å². The topological polar surface area (TPSA) is 392 Å². The van der Waals surface area contributed by atoms with Gasteiger partial charge in [0.25, 0.3) is 5.91 Å². The number of phenols is 1. The van der Waals surface area contributed by atoms with Crippen molar-refractivity contribution in [2.75, 3.05) is 26.2 Å². The van der Waals surface area contributed by atoms with Crippen molar-refractivity contribution in [3.05, 3.63) is 108 Å². The Morgan fingerprint density at radius 3 is 1.81 bits per heavy atom.